The van der Waals surface area contributed by atoms with Crippen molar-refractivity contribution in [1.82, 2.24) is 14.7 Å². The van der Waals surface area contributed by atoms with Crippen LogP contribution in [0.3, 0.4) is 0 Å². The quantitative estimate of drug-likeness (QED) is 0.522. The third kappa shape index (κ3) is 5.56. The summed E-state index contributed by atoms with van der Waals surface area (Å²) in [5, 5.41) is 13.2. The molecule has 0 atom stereocenters. The molecule has 0 spiro atoms. The summed E-state index contributed by atoms with van der Waals surface area (Å²) in [5.41, 5.74) is 0.876. The second-order valence-electron chi connectivity index (χ2n) is 7.67. The third-order valence-electron chi connectivity index (χ3n) is 5.30. The first-order valence-electron chi connectivity index (χ1n) is 10.4. The molecule has 1 aromatic heterocycles. The van der Waals surface area contributed by atoms with Crippen molar-refractivity contribution >= 4 is 11.9 Å². The van der Waals surface area contributed by atoms with Crippen LogP contribution in [0.4, 0.5) is 13.2 Å². The zero-order chi connectivity index (χ0) is 25.0. The first kappa shape index (κ1) is 24.8. The van der Waals surface area contributed by atoms with E-state index in [0.717, 1.165) is 12.1 Å². The standard InChI is InChI=1S/C24H24F3N3O4/c1-4-30(23(33)20-9-10-29(2)28-20)14-16-13-17(24(25,26)27)6-7-18(16)19-11-15(12-22(31)32)5-8-21(19)34-3/h5-11,13H,4,12,14H2,1-3H3,(H,31,32). The number of aromatic nitrogens is 2. The molecular formula is C24H24F3N3O4. The fraction of sp³-hybridized carbons (Fsp3) is 0.292. The second-order valence-corrected chi connectivity index (χ2v) is 7.67. The fourth-order valence-corrected chi connectivity index (χ4v) is 3.64. The van der Waals surface area contributed by atoms with E-state index >= 15 is 0 Å². The molecule has 0 unspecified atom stereocenters. The minimum atomic E-state index is -4.58. The maximum atomic E-state index is 13.5. The van der Waals surface area contributed by atoms with Gasteiger partial charge in [0, 0.05) is 31.9 Å². The Bertz CT molecular complexity index is 1200. The number of hydrogen-bond donors (Lipinski definition) is 1. The van der Waals surface area contributed by atoms with Crippen LogP contribution in [0, 0.1) is 0 Å². The highest BCUT2D eigenvalue weighted by Gasteiger charge is 2.32. The largest absolute Gasteiger partial charge is 0.496 e. The average Bonchev–Trinajstić information content (AvgIpc) is 3.22. The molecule has 3 aromatic rings. The maximum absolute atomic E-state index is 13.5. The average molecular weight is 475 g/mol. The van der Waals surface area contributed by atoms with Gasteiger partial charge in [-0.25, -0.2) is 0 Å². The first-order valence-corrected chi connectivity index (χ1v) is 10.4. The summed E-state index contributed by atoms with van der Waals surface area (Å²) in [6.45, 7) is 1.85. The van der Waals surface area contributed by atoms with E-state index in [1.807, 2.05) is 0 Å². The Labute approximate surface area is 194 Å². The molecule has 3 rings (SSSR count). The van der Waals surface area contributed by atoms with Crippen molar-refractivity contribution in [3.05, 3.63) is 71.0 Å². The van der Waals surface area contributed by atoms with Crippen LogP contribution >= 0.6 is 0 Å². The van der Waals surface area contributed by atoms with Gasteiger partial charge in [-0.05, 0) is 53.9 Å². The van der Waals surface area contributed by atoms with Crippen molar-refractivity contribution < 1.29 is 32.6 Å². The van der Waals surface area contributed by atoms with E-state index in [1.54, 1.807) is 38.4 Å². The molecule has 0 aliphatic rings. The lowest BCUT2D eigenvalue weighted by atomic mass is 9.94. The number of hydrogen-bond acceptors (Lipinski definition) is 4. The van der Waals surface area contributed by atoms with Gasteiger partial charge in [-0.15, -0.1) is 0 Å². The number of benzene rings is 2. The number of halogens is 3. The predicted molar refractivity (Wildman–Crippen MR) is 118 cm³/mol. The van der Waals surface area contributed by atoms with Crippen molar-refractivity contribution in [3.8, 4) is 16.9 Å². The molecule has 2 aromatic carbocycles. The van der Waals surface area contributed by atoms with Crippen LogP contribution in [-0.2, 0) is 31.0 Å². The molecule has 34 heavy (non-hydrogen) atoms. The number of aliphatic carboxylic acids is 1. The Morgan fingerprint density at radius 3 is 2.41 bits per heavy atom. The number of carbonyl (C=O) groups is 2. The van der Waals surface area contributed by atoms with E-state index in [4.69, 9.17) is 9.84 Å². The number of methoxy groups -OCH3 is 1. The van der Waals surface area contributed by atoms with Gasteiger partial charge in [0.25, 0.3) is 5.91 Å². The number of carboxylic acids is 1. The Hall–Kier alpha value is -3.82. The van der Waals surface area contributed by atoms with Crippen LogP contribution in [0.1, 0.15) is 34.1 Å². The molecule has 0 aliphatic heterocycles. The topological polar surface area (TPSA) is 84.7 Å². The predicted octanol–water partition coefficient (Wildman–Crippen LogP) is 4.40. The summed E-state index contributed by atoms with van der Waals surface area (Å²) in [6.07, 6.45) is -3.23. The maximum Gasteiger partial charge on any atom is 0.416 e. The van der Waals surface area contributed by atoms with E-state index in [2.05, 4.69) is 5.10 Å². The van der Waals surface area contributed by atoms with E-state index in [1.165, 1.54) is 28.8 Å². The van der Waals surface area contributed by atoms with Crippen LogP contribution < -0.4 is 4.74 Å². The summed E-state index contributed by atoms with van der Waals surface area (Å²) in [6, 6.07) is 9.56. The molecule has 0 saturated carbocycles. The van der Waals surface area contributed by atoms with Crippen molar-refractivity contribution in [1.29, 1.82) is 0 Å². The van der Waals surface area contributed by atoms with Gasteiger partial charge >= 0.3 is 12.1 Å². The summed E-state index contributed by atoms with van der Waals surface area (Å²) >= 11 is 0. The van der Waals surface area contributed by atoms with Gasteiger partial charge in [-0.1, -0.05) is 12.1 Å². The molecule has 7 nitrogen and oxygen atoms in total. The van der Waals surface area contributed by atoms with Crippen molar-refractivity contribution in [2.75, 3.05) is 13.7 Å². The van der Waals surface area contributed by atoms with E-state index in [-0.39, 0.29) is 30.8 Å². The van der Waals surface area contributed by atoms with Gasteiger partial charge in [0.2, 0.25) is 0 Å². The molecule has 0 radical (unpaired) electrons. The zero-order valence-electron chi connectivity index (χ0n) is 18.9. The van der Waals surface area contributed by atoms with Gasteiger partial charge in [0.05, 0.1) is 19.1 Å². The van der Waals surface area contributed by atoms with E-state index < -0.39 is 23.6 Å². The number of nitrogens with zero attached hydrogens (tertiary/aromatic N) is 3. The SMILES string of the molecule is CCN(Cc1cc(C(F)(F)F)ccc1-c1cc(CC(=O)O)ccc1OC)C(=O)c1ccn(C)n1. The smallest absolute Gasteiger partial charge is 0.416 e. The van der Waals surface area contributed by atoms with Crippen LogP contribution in [0.25, 0.3) is 11.1 Å². The number of carboxylic acid groups (broad SMARTS) is 1. The number of alkyl halides is 3. The lowest BCUT2D eigenvalue weighted by Gasteiger charge is -2.23. The second kappa shape index (κ2) is 9.98. The Morgan fingerprint density at radius 2 is 1.85 bits per heavy atom. The number of carbonyl (C=O) groups excluding carboxylic acids is 1. The molecule has 0 fully saturated rings. The van der Waals surface area contributed by atoms with Crippen LogP contribution in [0.2, 0.25) is 0 Å². The Kier molecular flexibility index (Phi) is 7.29. The van der Waals surface area contributed by atoms with E-state index in [0.29, 0.717) is 22.4 Å². The number of amides is 1. The minimum absolute atomic E-state index is 0.114. The number of rotatable bonds is 8. The molecule has 0 saturated heterocycles. The van der Waals surface area contributed by atoms with Gasteiger partial charge in [-0.3, -0.25) is 14.3 Å². The van der Waals surface area contributed by atoms with Crippen molar-refractivity contribution in [2.24, 2.45) is 7.05 Å². The summed E-state index contributed by atoms with van der Waals surface area (Å²) in [7, 11) is 3.08. The lowest BCUT2D eigenvalue weighted by molar-refractivity contribution is -0.138. The molecular weight excluding hydrogens is 451 g/mol. The fourth-order valence-electron chi connectivity index (χ4n) is 3.64. The lowest BCUT2D eigenvalue weighted by Crippen LogP contribution is -2.31. The Balaban J connectivity index is 2.12. The zero-order valence-corrected chi connectivity index (χ0v) is 18.9. The molecule has 0 aliphatic carbocycles. The summed E-state index contributed by atoms with van der Waals surface area (Å²) in [5.74, 6) is -1.09. The summed E-state index contributed by atoms with van der Waals surface area (Å²) in [4.78, 5) is 25.5. The molecule has 180 valence electrons. The minimum Gasteiger partial charge on any atom is -0.496 e. The number of ether oxygens (including phenoxy) is 1. The molecule has 10 heteroatoms. The summed E-state index contributed by atoms with van der Waals surface area (Å²) < 4.78 is 47.4. The van der Waals surface area contributed by atoms with Crippen LogP contribution in [0.15, 0.2) is 48.7 Å². The highest BCUT2D eigenvalue weighted by atomic mass is 19.4. The van der Waals surface area contributed by atoms with Gasteiger partial charge in [0.15, 0.2) is 0 Å². The van der Waals surface area contributed by atoms with Crippen molar-refractivity contribution in [3.63, 3.8) is 0 Å². The van der Waals surface area contributed by atoms with Gasteiger partial charge in [-0.2, -0.15) is 18.3 Å². The van der Waals surface area contributed by atoms with Crippen molar-refractivity contribution in [2.45, 2.75) is 26.1 Å². The van der Waals surface area contributed by atoms with Crippen LogP contribution in [0.5, 0.6) is 5.75 Å². The molecule has 1 heterocycles. The highest BCUT2D eigenvalue weighted by molar-refractivity contribution is 5.92. The number of aryl methyl sites for hydroxylation is 1. The first-order chi connectivity index (χ1) is 16.0. The molecule has 0 bridgehead atoms. The normalized spacial score (nSPS) is 11.4. The van der Waals surface area contributed by atoms with Gasteiger partial charge in [0.1, 0.15) is 11.4 Å². The van der Waals surface area contributed by atoms with Gasteiger partial charge < -0.3 is 14.7 Å². The molecule has 1 N–H and O–H groups in total. The Morgan fingerprint density at radius 1 is 1.12 bits per heavy atom. The monoisotopic (exact) mass is 475 g/mol. The van der Waals surface area contributed by atoms with Crippen LogP contribution in [-0.4, -0.2) is 45.3 Å². The third-order valence-corrected chi connectivity index (χ3v) is 5.30. The highest BCUT2D eigenvalue weighted by Crippen LogP contribution is 2.38. The molecule has 1 amide bonds. The van der Waals surface area contributed by atoms with E-state index in [9.17, 15) is 22.8 Å².